The fourth-order valence-electron chi connectivity index (χ4n) is 1.75. The van der Waals surface area contributed by atoms with Gasteiger partial charge in [0.15, 0.2) is 0 Å². The molecule has 0 spiro atoms. The van der Waals surface area contributed by atoms with E-state index in [9.17, 15) is 9.59 Å². The zero-order valence-corrected chi connectivity index (χ0v) is 15.6. The third-order valence-electron chi connectivity index (χ3n) is 3.01. The van der Waals surface area contributed by atoms with Gasteiger partial charge in [0.2, 0.25) is 0 Å². The molecule has 6 heteroatoms. The molecule has 0 bridgehead atoms. The summed E-state index contributed by atoms with van der Waals surface area (Å²) in [4.78, 5) is 21.3. The molecule has 0 saturated carbocycles. The van der Waals surface area contributed by atoms with E-state index in [1.54, 1.807) is 0 Å². The lowest BCUT2D eigenvalue weighted by Crippen LogP contribution is -2.09. The van der Waals surface area contributed by atoms with Crippen molar-refractivity contribution in [3.05, 3.63) is 86.0 Å². The minimum Gasteiger partial charge on any atom is -0.490 e. The van der Waals surface area contributed by atoms with E-state index in [1.165, 1.54) is 0 Å². The summed E-state index contributed by atoms with van der Waals surface area (Å²) in [5, 5.41) is 0. The lowest BCUT2D eigenvalue weighted by molar-refractivity contribution is -0.139. The minimum atomic E-state index is -0.429. The first kappa shape index (κ1) is 22.5. The molecule has 2 aromatic rings. The molecule has 0 aliphatic rings. The quantitative estimate of drug-likeness (QED) is 0.354. The van der Waals surface area contributed by atoms with E-state index in [0.29, 0.717) is 13.2 Å². The number of benzene rings is 2. The predicted octanol–water partition coefficient (Wildman–Crippen LogP) is 3.59. The Morgan fingerprint density at radius 3 is 1.32 bits per heavy atom. The summed E-state index contributed by atoms with van der Waals surface area (Å²) in [5.74, 6) is 0.674. The highest BCUT2D eigenvalue weighted by Gasteiger charge is 1.96. The van der Waals surface area contributed by atoms with Crippen molar-refractivity contribution in [1.29, 1.82) is 0 Å². The molecule has 0 heterocycles. The van der Waals surface area contributed by atoms with E-state index < -0.39 is 11.9 Å². The van der Waals surface area contributed by atoms with E-state index in [1.807, 2.05) is 60.7 Å². The van der Waals surface area contributed by atoms with Crippen LogP contribution in [0, 0.1) is 0 Å². The van der Waals surface area contributed by atoms with Gasteiger partial charge in [-0.25, -0.2) is 9.59 Å². The maximum Gasteiger partial charge on any atom is 0.330 e. The van der Waals surface area contributed by atoms with E-state index in [2.05, 4.69) is 13.2 Å². The molecule has 0 atom stereocenters. The van der Waals surface area contributed by atoms with Crippen molar-refractivity contribution in [3.63, 3.8) is 0 Å². The Balaban J connectivity index is 0.000000280. The Morgan fingerprint density at radius 2 is 1.00 bits per heavy atom. The number of ether oxygens (including phenoxy) is 4. The zero-order valence-electron chi connectivity index (χ0n) is 15.6. The molecule has 6 nitrogen and oxygen atoms in total. The SMILES string of the molecule is C=CC(=O)OCCOc1ccccc1.C=CC(=O)OCCOc1ccccc1. The largest absolute Gasteiger partial charge is 0.490 e. The molecular weight excluding hydrogens is 360 g/mol. The van der Waals surface area contributed by atoms with Crippen LogP contribution in [-0.2, 0) is 19.1 Å². The molecule has 0 aliphatic heterocycles. The van der Waals surface area contributed by atoms with Crippen LogP contribution >= 0.6 is 0 Å². The second-order valence-corrected chi connectivity index (χ2v) is 5.07. The number of esters is 2. The first-order chi connectivity index (χ1) is 13.7. The number of hydrogen-bond donors (Lipinski definition) is 0. The van der Waals surface area contributed by atoms with Crippen molar-refractivity contribution in [2.24, 2.45) is 0 Å². The Kier molecular flexibility index (Phi) is 11.7. The second-order valence-electron chi connectivity index (χ2n) is 5.07. The molecule has 0 fully saturated rings. The maximum absolute atomic E-state index is 10.6. The summed E-state index contributed by atoms with van der Waals surface area (Å²) < 4.78 is 20.0. The third-order valence-corrected chi connectivity index (χ3v) is 3.01. The van der Waals surface area contributed by atoms with Gasteiger partial charge in [-0.05, 0) is 24.3 Å². The standard InChI is InChI=1S/2C11H12O3/c2*1-2-11(12)14-9-8-13-10-6-4-3-5-7-10/h2*2-7H,1,8-9H2. The summed E-state index contributed by atoms with van der Waals surface area (Å²) in [6.07, 6.45) is 2.25. The lowest BCUT2D eigenvalue weighted by Gasteiger charge is -2.05. The van der Waals surface area contributed by atoms with Gasteiger partial charge < -0.3 is 18.9 Å². The first-order valence-electron chi connectivity index (χ1n) is 8.59. The summed E-state index contributed by atoms with van der Waals surface area (Å²) in [6.45, 7) is 7.74. The van der Waals surface area contributed by atoms with E-state index >= 15 is 0 Å². The van der Waals surface area contributed by atoms with Gasteiger partial charge in [0.1, 0.15) is 37.9 Å². The Labute approximate surface area is 165 Å². The monoisotopic (exact) mass is 384 g/mol. The highest BCUT2D eigenvalue weighted by Crippen LogP contribution is 2.08. The van der Waals surface area contributed by atoms with Gasteiger partial charge in [0, 0.05) is 12.2 Å². The molecule has 0 unspecified atom stereocenters. The van der Waals surface area contributed by atoms with E-state index in [-0.39, 0.29) is 13.2 Å². The van der Waals surface area contributed by atoms with Crippen LogP contribution in [0.3, 0.4) is 0 Å². The van der Waals surface area contributed by atoms with Crippen LogP contribution < -0.4 is 9.47 Å². The number of para-hydroxylation sites is 2. The molecule has 2 rings (SSSR count). The molecule has 0 aromatic heterocycles. The van der Waals surface area contributed by atoms with Gasteiger partial charge in [-0.3, -0.25) is 0 Å². The number of carbonyl (C=O) groups is 2. The van der Waals surface area contributed by atoms with E-state index in [0.717, 1.165) is 23.7 Å². The third kappa shape index (κ3) is 11.1. The Morgan fingerprint density at radius 1 is 0.643 bits per heavy atom. The van der Waals surface area contributed by atoms with Crippen molar-refractivity contribution < 1.29 is 28.5 Å². The number of hydrogen-bond acceptors (Lipinski definition) is 6. The second kappa shape index (κ2) is 14.6. The molecule has 0 saturated heterocycles. The average molecular weight is 384 g/mol. The summed E-state index contributed by atoms with van der Waals surface area (Å²) in [5.41, 5.74) is 0. The lowest BCUT2D eigenvalue weighted by atomic mass is 10.3. The Bertz CT molecular complexity index is 649. The normalized spacial score (nSPS) is 9.14. The molecule has 28 heavy (non-hydrogen) atoms. The predicted molar refractivity (Wildman–Crippen MR) is 106 cm³/mol. The van der Waals surface area contributed by atoms with Crippen LogP contribution in [0.25, 0.3) is 0 Å². The van der Waals surface area contributed by atoms with Crippen LogP contribution in [-0.4, -0.2) is 38.4 Å². The molecule has 0 aliphatic carbocycles. The van der Waals surface area contributed by atoms with Gasteiger partial charge in [-0.2, -0.15) is 0 Å². The van der Waals surface area contributed by atoms with Gasteiger partial charge >= 0.3 is 11.9 Å². The fraction of sp³-hybridized carbons (Fsp3) is 0.182. The summed E-state index contributed by atoms with van der Waals surface area (Å²) in [7, 11) is 0. The maximum atomic E-state index is 10.6. The molecule has 0 radical (unpaired) electrons. The first-order valence-corrected chi connectivity index (χ1v) is 8.59. The highest BCUT2D eigenvalue weighted by molar-refractivity contribution is 5.81. The van der Waals surface area contributed by atoms with Crippen LogP contribution in [0.1, 0.15) is 0 Å². The van der Waals surface area contributed by atoms with Gasteiger partial charge in [-0.15, -0.1) is 0 Å². The molecular formula is C22H24O6. The van der Waals surface area contributed by atoms with Crippen molar-refractivity contribution in [2.75, 3.05) is 26.4 Å². The highest BCUT2D eigenvalue weighted by atomic mass is 16.6. The van der Waals surface area contributed by atoms with Crippen LogP contribution in [0.15, 0.2) is 86.0 Å². The van der Waals surface area contributed by atoms with E-state index in [4.69, 9.17) is 18.9 Å². The molecule has 2 aromatic carbocycles. The number of carbonyl (C=O) groups excluding carboxylic acids is 2. The van der Waals surface area contributed by atoms with Crippen molar-refractivity contribution >= 4 is 11.9 Å². The topological polar surface area (TPSA) is 71.1 Å². The zero-order chi connectivity index (χ0) is 20.5. The van der Waals surface area contributed by atoms with Gasteiger partial charge in [-0.1, -0.05) is 49.6 Å². The molecule has 148 valence electrons. The van der Waals surface area contributed by atoms with Gasteiger partial charge in [0.25, 0.3) is 0 Å². The van der Waals surface area contributed by atoms with Gasteiger partial charge in [0.05, 0.1) is 0 Å². The van der Waals surface area contributed by atoms with Crippen molar-refractivity contribution in [2.45, 2.75) is 0 Å². The molecule has 0 N–H and O–H groups in total. The minimum absolute atomic E-state index is 0.236. The van der Waals surface area contributed by atoms with Crippen LogP contribution in [0.2, 0.25) is 0 Å². The smallest absolute Gasteiger partial charge is 0.330 e. The summed E-state index contributed by atoms with van der Waals surface area (Å²) in [6, 6.07) is 18.7. The fourth-order valence-corrected chi connectivity index (χ4v) is 1.75. The Hall–Kier alpha value is -3.54. The number of rotatable bonds is 10. The van der Waals surface area contributed by atoms with Crippen LogP contribution in [0.5, 0.6) is 11.5 Å². The average Bonchev–Trinajstić information content (AvgIpc) is 2.76. The van der Waals surface area contributed by atoms with Crippen LogP contribution in [0.4, 0.5) is 0 Å². The summed E-state index contributed by atoms with van der Waals surface area (Å²) >= 11 is 0. The van der Waals surface area contributed by atoms with Crippen molar-refractivity contribution in [3.8, 4) is 11.5 Å². The molecule has 0 amide bonds. The van der Waals surface area contributed by atoms with Crippen molar-refractivity contribution in [1.82, 2.24) is 0 Å².